The van der Waals surface area contributed by atoms with Crippen LogP contribution in [0, 0.1) is 11.8 Å². The predicted molar refractivity (Wildman–Crippen MR) is 62.8 cm³/mol. The summed E-state index contributed by atoms with van der Waals surface area (Å²) >= 11 is 5.82. The second kappa shape index (κ2) is 6.27. The summed E-state index contributed by atoms with van der Waals surface area (Å²) in [5.41, 5.74) is 0.969. The van der Waals surface area contributed by atoms with E-state index in [1.165, 1.54) is 0 Å². The summed E-state index contributed by atoms with van der Waals surface area (Å²) in [4.78, 5) is 11.5. The molecule has 0 bridgehead atoms. The van der Waals surface area contributed by atoms with Crippen molar-refractivity contribution in [2.45, 2.75) is 26.2 Å². The third kappa shape index (κ3) is 4.67. The molecule has 0 unspecified atom stereocenters. The molecule has 78 valence electrons. The highest BCUT2D eigenvalue weighted by atomic mass is 35.5. The van der Waals surface area contributed by atoms with Gasteiger partial charge in [-0.25, -0.2) is 0 Å². The van der Waals surface area contributed by atoms with Gasteiger partial charge in [0.25, 0.3) is 0 Å². The molecule has 0 spiro atoms. The second-order valence-corrected chi connectivity index (χ2v) is 3.71. The lowest BCUT2D eigenvalue weighted by Gasteiger charge is -1.99. The summed E-state index contributed by atoms with van der Waals surface area (Å²) < 4.78 is 0. The van der Waals surface area contributed by atoms with Gasteiger partial charge in [0.1, 0.15) is 5.78 Å². The molecule has 0 aliphatic heterocycles. The molecule has 0 saturated carbocycles. The number of halogens is 1. The lowest BCUT2D eigenvalue weighted by Crippen LogP contribution is -2.01. The third-order valence-corrected chi connectivity index (χ3v) is 2.23. The fraction of sp³-hybridized carbons (Fsp3) is 0.308. The van der Waals surface area contributed by atoms with E-state index < -0.39 is 0 Å². The maximum absolute atomic E-state index is 11.5. The van der Waals surface area contributed by atoms with E-state index >= 15 is 0 Å². The van der Waals surface area contributed by atoms with E-state index in [-0.39, 0.29) is 5.78 Å². The van der Waals surface area contributed by atoms with Crippen molar-refractivity contribution in [2.75, 3.05) is 0 Å². The van der Waals surface area contributed by atoms with Crippen LogP contribution in [-0.4, -0.2) is 5.78 Å². The Morgan fingerprint density at radius 3 is 2.93 bits per heavy atom. The summed E-state index contributed by atoms with van der Waals surface area (Å²) in [7, 11) is 0. The minimum Gasteiger partial charge on any atom is -0.299 e. The molecule has 0 fully saturated rings. The average Bonchev–Trinajstić information content (AvgIpc) is 2.18. The second-order valence-electron chi connectivity index (χ2n) is 3.27. The Balaban J connectivity index is 2.46. The van der Waals surface area contributed by atoms with Crippen LogP contribution < -0.4 is 0 Å². The fourth-order valence-corrected chi connectivity index (χ4v) is 1.50. The van der Waals surface area contributed by atoms with E-state index in [1.54, 1.807) is 13.0 Å². The topological polar surface area (TPSA) is 17.1 Å². The maximum atomic E-state index is 11.5. The molecule has 0 aromatic heterocycles. The SMILES string of the molecule is CC#CCCC(=O)Cc1cccc(Cl)c1. The van der Waals surface area contributed by atoms with Crippen LogP contribution in [-0.2, 0) is 11.2 Å². The van der Waals surface area contributed by atoms with Gasteiger partial charge in [-0.15, -0.1) is 11.8 Å². The number of Topliss-reactive ketones (excluding diaryl/α,β-unsaturated/α-hetero) is 1. The first kappa shape index (κ1) is 11.8. The molecule has 0 atom stereocenters. The Morgan fingerprint density at radius 2 is 2.27 bits per heavy atom. The van der Waals surface area contributed by atoms with Crippen molar-refractivity contribution in [1.82, 2.24) is 0 Å². The molecule has 0 radical (unpaired) electrons. The number of rotatable bonds is 4. The van der Waals surface area contributed by atoms with E-state index in [1.807, 2.05) is 18.2 Å². The predicted octanol–water partition coefficient (Wildman–Crippen LogP) is 3.26. The van der Waals surface area contributed by atoms with Crippen LogP contribution in [0.1, 0.15) is 25.3 Å². The average molecular weight is 221 g/mol. The van der Waals surface area contributed by atoms with Gasteiger partial charge < -0.3 is 0 Å². The van der Waals surface area contributed by atoms with Crippen molar-refractivity contribution in [1.29, 1.82) is 0 Å². The monoisotopic (exact) mass is 220 g/mol. The van der Waals surface area contributed by atoms with Gasteiger partial charge in [0.05, 0.1) is 0 Å². The molecule has 0 aliphatic rings. The number of hydrogen-bond acceptors (Lipinski definition) is 1. The van der Waals surface area contributed by atoms with Crippen LogP contribution in [0.15, 0.2) is 24.3 Å². The van der Waals surface area contributed by atoms with Gasteiger partial charge in [-0.1, -0.05) is 23.7 Å². The minimum atomic E-state index is 0.208. The smallest absolute Gasteiger partial charge is 0.138 e. The molecular weight excluding hydrogens is 208 g/mol. The van der Waals surface area contributed by atoms with Gasteiger partial charge in [-0.2, -0.15) is 0 Å². The lowest BCUT2D eigenvalue weighted by atomic mass is 10.1. The van der Waals surface area contributed by atoms with Gasteiger partial charge in [0.2, 0.25) is 0 Å². The molecule has 0 aliphatic carbocycles. The van der Waals surface area contributed by atoms with Crippen molar-refractivity contribution in [3.8, 4) is 11.8 Å². The molecule has 0 saturated heterocycles. The molecule has 0 N–H and O–H groups in total. The van der Waals surface area contributed by atoms with E-state index in [2.05, 4.69) is 11.8 Å². The summed E-state index contributed by atoms with van der Waals surface area (Å²) in [5.74, 6) is 5.86. The van der Waals surface area contributed by atoms with Crippen molar-refractivity contribution in [2.24, 2.45) is 0 Å². The van der Waals surface area contributed by atoms with Crippen molar-refractivity contribution in [3.63, 3.8) is 0 Å². The van der Waals surface area contributed by atoms with Crippen molar-refractivity contribution < 1.29 is 4.79 Å². The summed E-state index contributed by atoms with van der Waals surface area (Å²) in [6, 6.07) is 7.40. The lowest BCUT2D eigenvalue weighted by molar-refractivity contribution is -0.118. The largest absolute Gasteiger partial charge is 0.299 e. The highest BCUT2D eigenvalue weighted by Crippen LogP contribution is 2.11. The van der Waals surface area contributed by atoms with Gasteiger partial charge in [0, 0.05) is 24.3 Å². The van der Waals surface area contributed by atoms with Gasteiger partial charge in [0.15, 0.2) is 0 Å². The van der Waals surface area contributed by atoms with Gasteiger partial charge >= 0.3 is 0 Å². The van der Waals surface area contributed by atoms with Crippen LogP contribution in [0.3, 0.4) is 0 Å². The molecule has 1 aromatic rings. The Kier molecular flexibility index (Phi) is 4.93. The third-order valence-electron chi connectivity index (χ3n) is 2.00. The first-order valence-corrected chi connectivity index (χ1v) is 5.26. The molecular formula is C13H13ClO. The number of hydrogen-bond donors (Lipinski definition) is 0. The Bertz CT molecular complexity index is 398. The van der Waals surface area contributed by atoms with Gasteiger partial charge in [-0.3, -0.25) is 4.79 Å². The maximum Gasteiger partial charge on any atom is 0.138 e. The van der Waals surface area contributed by atoms with E-state index in [9.17, 15) is 4.79 Å². The summed E-state index contributed by atoms with van der Waals surface area (Å²) in [5, 5.41) is 0.675. The highest BCUT2D eigenvalue weighted by molar-refractivity contribution is 6.30. The Labute approximate surface area is 95.5 Å². The van der Waals surface area contributed by atoms with E-state index in [0.29, 0.717) is 24.3 Å². The molecule has 0 amide bonds. The fourth-order valence-electron chi connectivity index (χ4n) is 1.29. The Hall–Kier alpha value is -1.26. The highest BCUT2D eigenvalue weighted by Gasteiger charge is 2.02. The standard InChI is InChI=1S/C13H13ClO/c1-2-3-4-8-13(15)10-11-6-5-7-12(14)9-11/h5-7,9H,4,8,10H2,1H3. The zero-order valence-corrected chi connectivity index (χ0v) is 9.47. The molecule has 1 nitrogen and oxygen atoms in total. The Morgan fingerprint density at radius 1 is 1.47 bits per heavy atom. The number of carbonyl (C=O) groups is 1. The number of ketones is 1. The van der Waals surface area contributed by atoms with E-state index in [4.69, 9.17) is 11.6 Å². The quantitative estimate of drug-likeness (QED) is 0.712. The van der Waals surface area contributed by atoms with Crippen molar-refractivity contribution in [3.05, 3.63) is 34.9 Å². The van der Waals surface area contributed by atoms with Crippen LogP contribution in [0.25, 0.3) is 0 Å². The van der Waals surface area contributed by atoms with E-state index in [0.717, 1.165) is 5.56 Å². The first-order valence-electron chi connectivity index (χ1n) is 4.88. The molecule has 15 heavy (non-hydrogen) atoms. The molecule has 0 heterocycles. The zero-order valence-electron chi connectivity index (χ0n) is 8.72. The van der Waals surface area contributed by atoms with Crippen LogP contribution in [0.4, 0.5) is 0 Å². The normalized spacial score (nSPS) is 9.20. The molecule has 2 heteroatoms. The van der Waals surface area contributed by atoms with Crippen molar-refractivity contribution >= 4 is 17.4 Å². The van der Waals surface area contributed by atoms with Crippen LogP contribution >= 0.6 is 11.6 Å². The zero-order chi connectivity index (χ0) is 11.1. The van der Waals surface area contributed by atoms with Crippen LogP contribution in [0.5, 0.6) is 0 Å². The number of carbonyl (C=O) groups excluding carboxylic acids is 1. The van der Waals surface area contributed by atoms with Crippen LogP contribution in [0.2, 0.25) is 5.02 Å². The molecule has 1 rings (SSSR count). The van der Waals surface area contributed by atoms with Gasteiger partial charge in [-0.05, 0) is 24.6 Å². The molecule has 1 aromatic carbocycles. The first-order chi connectivity index (χ1) is 7.22. The minimum absolute atomic E-state index is 0.208. The summed E-state index contributed by atoms with van der Waals surface area (Å²) in [6.07, 6.45) is 1.62. The summed E-state index contributed by atoms with van der Waals surface area (Å²) in [6.45, 7) is 1.78. The number of benzene rings is 1.